The van der Waals surface area contributed by atoms with E-state index in [0.717, 1.165) is 24.6 Å². The van der Waals surface area contributed by atoms with Gasteiger partial charge in [0.15, 0.2) is 5.96 Å². The van der Waals surface area contributed by atoms with Gasteiger partial charge in [-0.25, -0.2) is 0 Å². The number of esters is 1. The maximum atomic E-state index is 11.3. The number of carbonyl (C=O) groups excluding carboxylic acids is 1. The number of aryl methyl sites for hydroxylation is 1. The van der Waals surface area contributed by atoms with Crippen LogP contribution in [0.4, 0.5) is 0 Å². The molecule has 0 aliphatic carbocycles. The van der Waals surface area contributed by atoms with Crippen LogP contribution in [0.5, 0.6) is 0 Å². The molecule has 1 aromatic rings. The third-order valence-corrected chi connectivity index (χ3v) is 3.82. The number of ether oxygens (including phenoxy) is 2. The van der Waals surface area contributed by atoms with E-state index in [0.29, 0.717) is 32.6 Å². The summed E-state index contributed by atoms with van der Waals surface area (Å²) < 4.78 is 12.5. The fourth-order valence-corrected chi connectivity index (χ4v) is 2.65. The highest BCUT2D eigenvalue weighted by atomic mass is 127. The summed E-state index contributed by atoms with van der Waals surface area (Å²) in [7, 11) is 3.66. The van der Waals surface area contributed by atoms with Gasteiger partial charge in [0, 0.05) is 45.4 Å². The summed E-state index contributed by atoms with van der Waals surface area (Å²) in [5, 5.41) is 7.51. The van der Waals surface area contributed by atoms with E-state index in [4.69, 9.17) is 9.47 Å². The van der Waals surface area contributed by atoms with Crippen molar-refractivity contribution < 1.29 is 14.3 Å². The third kappa shape index (κ3) is 6.81. The number of carbonyl (C=O) groups is 1. The highest BCUT2D eigenvalue weighted by molar-refractivity contribution is 14.0. The zero-order valence-electron chi connectivity index (χ0n) is 15.1. The summed E-state index contributed by atoms with van der Waals surface area (Å²) in [4.78, 5) is 17.9. The molecule has 0 saturated carbocycles. The molecule has 0 spiro atoms. The van der Waals surface area contributed by atoms with Crippen LogP contribution in [0.25, 0.3) is 0 Å². The van der Waals surface area contributed by atoms with E-state index in [2.05, 4.69) is 20.3 Å². The van der Waals surface area contributed by atoms with Crippen LogP contribution in [0.15, 0.2) is 17.4 Å². The zero-order chi connectivity index (χ0) is 17.4. The number of hydrogen-bond acceptors (Lipinski definition) is 5. The van der Waals surface area contributed by atoms with E-state index in [1.165, 1.54) is 0 Å². The van der Waals surface area contributed by atoms with E-state index in [9.17, 15) is 4.79 Å². The first kappa shape index (κ1) is 21.7. The molecule has 25 heavy (non-hydrogen) atoms. The van der Waals surface area contributed by atoms with Gasteiger partial charge in [0.05, 0.1) is 26.0 Å². The summed E-state index contributed by atoms with van der Waals surface area (Å²) in [6.07, 6.45) is 4.94. The molecule has 1 unspecified atom stereocenters. The number of guanidine groups is 1. The molecule has 1 saturated heterocycles. The van der Waals surface area contributed by atoms with E-state index in [1.807, 2.05) is 26.4 Å². The molecular formula is C16H28IN5O3. The molecule has 0 bridgehead atoms. The monoisotopic (exact) mass is 465 g/mol. The van der Waals surface area contributed by atoms with Gasteiger partial charge in [0.1, 0.15) is 6.10 Å². The molecule has 0 aromatic carbocycles. The van der Waals surface area contributed by atoms with Crippen LogP contribution in [-0.4, -0.2) is 66.5 Å². The molecule has 2 rings (SSSR count). The molecule has 1 fully saturated rings. The van der Waals surface area contributed by atoms with Crippen molar-refractivity contribution in [3.05, 3.63) is 18.0 Å². The van der Waals surface area contributed by atoms with Crippen LogP contribution in [0.2, 0.25) is 0 Å². The number of aliphatic imine (C=N–C) groups is 1. The van der Waals surface area contributed by atoms with E-state index < -0.39 is 0 Å². The van der Waals surface area contributed by atoms with Gasteiger partial charge in [-0.05, 0) is 13.3 Å². The van der Waals surface area contributed by atoms with Crippen molar-refractivity contribution >= 4 is 35.9 Å². The molecule has 1 atom stereocenters. The molecule has 1 N–H and O–H groups in total. The smallest absolute Gasteiger partial charge is 0.305 e. The number of nitrogens with one attached hydrogen (secondary N) is 1. The highest BCUT2D eigenvalue weighted by Gasteiger charge is 2.25. The number of rotatable bonds is 6. The number of hydrogen-bond donors (Lipinski definition) is 1. The zero-order valence-corrected chi connectivity index (χ0v) is 17.4. The standard InChI is InChI=1S/C16H27N5O3.HI/c1-4-23-15(22)6-5-7-18-16(17-2)21-8-9-24-14(12-21)13-10-19-20(3)11-13;/h10-11,14H,4-9,12H2,1-3H3,(H,17,18);1H. The molecule has 1 aliphatic rings. The lowest BCUT2D eigenvalue weighted by Gasteiger charge is -2.34. The van der Waals surface area contributed by atoms with Crippen molar-refractivity contribution in [2.24, 2.45) is 12.0 Å². The predicted octanol–water partition coefficient (Wildman–Crippen LogP) is 1.33. The molecule has 9 heteroatoms. The second-order valence-corrected chi connectivity index (χ2v) is 5.64. The number of morpholine rings is 1. The summed E-state index contributed by atoms with van der Waals surface area (Å²) in [6.45, 7) is 5.08. The van der Waals surface area contributed by atoms with Crippen LogP contribution in [0.3, 0.4) is 0 Å². The van der Waals surface area contributed by atoms with Crippen LogP contribution in [0, 0.1) is 0 Å². The molecule has 0 radical (unpaired) electrons. The maximum absolute atomic E-state index is 11.3. The van der Waals surface area contributed by atoms with Crippen molar-refractivity contribution in [1.29, 1.82) is 0 Å². The van der Waals surface area contributed by atoms with Crippen LogP contribution in [0.1, 0.15) is 31.4 Å². The first-order chi connectivity index (χ1) is 11.6. The Bertz CT molecular complexity index is 564. The molecule has 0 amide bonds. The predicted molar refractivity (Wildman–Crippen MR) is 106 cm³/mol. The van der Waals surface area contributed by atoms with Crippen molar-refractivity contribution in [3.63, 3.8) is 0 Å². The Morgan fingerprint density at radius 2 is 2.36 bits per heavy atom. The van der Waals surface area contributed by atoms with Crippen molar-refractivity contribution in [1.82, 2.24) is 20.0 Å². The molecule has 8 nitrogen and oxygen atoms in total. The average Bonchev–Trinajstić information content (AvgIpc) is 3.02. The molecule has 1 aromatic heterocycles. The van der Waals surface area contributed by atoms with Gasteiger partial charge in [-0.15, -0.1) is 24.0 Å². The van der Waals surface area contributed by atoms with Crippen molar-refractivity contribution in [3.8, 4) is 0 Å². The Kier molecular flexibility index (Phi) is 9.79. The Morgan fingerprint density at radius 1 is 1.56 bits per heavy atom. The second kappa shape index (κ2) is 11.3. The lowest BCUT2D eigenvalue weighted by atomic mass is 10.1. The average molecular weight is 465 g/mol. The number of nitrogens with zero attached hydrogens (tertiary/aromatic N) is 4. The largest absolute Gasteiger partial charge is 0.466 e. The molecule has 2 heterocycles. The van der Waals surface area contributed by atoms with Gasteiger partial charge in [0.2, 0.25) is 0 Å². The van der Waals surface area contributed by atoms with Crippen LogP contribution < -0.4 is 5.32 Å². The lowest BCUT2D eigenvalue weighted by molar-refractivity contribution is -0.143. The lowest BCUT2D eigenvalue weighted by Crippen LogP contribution is -2.48. The van der Waals surface area contributed by atoms with Crippen molar-refractivity contribution in [2.75, 3.05) is 39.9 Å². The van der Waals surface area contributed by atoms with Gasteiger partial charge < -0.3 is 19.7 Å². The quantitative estimate of drug-likeness (QED) is 0.225. The fourth-order valence-electron chi connectivity index (χ4n) is 2.65. The maximum Gasteiger partial charge on any atom is 0.305 e. The summed E-state index contributed by atoms with van der Waals surface area (Å²) in [6, 6.07) is 0. The number of halogens is 1. The third-order valence-electron chi connectivity index (χ3n) is 3.82. The summed E-state index contributed by atoms with van der Waals surface area (Å²) in [5.41, 5.74) is 1.07. The Labute approximate surface area is 166 Å². The fraction of sp³-hybridized carbons (Fsp3) is 0.688. The molecule has 142 valence electrons. The minimum atomic E-state index is -0.155. The topological polar surface area (TPSA) is 81.0 Å². The second-order valence-electron chi connectivity index (χ2n) is 5.64. The van der Waals surface area contributed by atoms with Crippen molar-refractivity contribution in [2.45, 2.75) is 25.9 Å². The first-order valence-electron chi connectivity index (χ1n) is 8.35. The summed E-state index contributed by atoms with van der Waals surface area (Å²) in [5.74, 6) is 0.674. The Hall–Kier alpha value is -1.36. The van der Waals surface area contributed by atoms with E-state index in [-0.39, 0.29) is 36.0 Å². The first-order valence-corrected chi connectivity index (χ1v) is 8.35. The number of aromatic nitrogens is 2. The Morgan fingerprint density at radius 3 is 3.00 bits per heavy atom. The molecular weight excluding hydrogens is 437 g/mol. The van der Waals surface area contributed by atoms with Gasteiger partial charge >= 0.3 is 5.97 Å². The SMILES string of the molecule is CCOC(=O)CCCNC(=NC)N1CCOC(c2cnn(C)c2)C1.I. The summed E-state index contributed by atoms with van der Waals surface area (Å²) >= 11 is 0. The van der Waals surface area contributed by atoms with E-state index in [1.54, 1.807) is 11.7 Å². The highest BCUT2D eigenvalue weighted by Crippen LogP contribution is 2.21. The molecule has 1 aliphatic heterocycles. The minimum Gasteiger partial charge on any atom is -0.466 e. The van der Waals surface area contributed by atoms with Gasteiger partial charge in [-0.3, -0.25) is 14.5 Å². The Balaban J connectivity index is 0.00000312. The normalized spacial score (nSPS) is 17.8. The van der Waals surface area contributed by atoms with Gasteiger partial charge in [-0.2, -0.15) is 5.10 Å². The minimum absolute atomic E-state index is 0. The van der Waals surface area contributed by atoms with Crippen LogP contribution in [-0.2, 0) is 21.3 Å². The van der Waals surface area contributed by atoms with Crippen LogP contribution >= 0.6 is 24.0 Å². The van der Waals surface area contributed by atoms with E-state index >= 15 is 0 Å². The van der Waals surface area contributed by atoms with Gasteiger partial charge in [0.25, 0.3) is 0 Å². The van der Waals surface area contributed by atoms with Gasteiger partial charge in [-0.1, -0.05) is 0 Å².